The molecule has 4 aromatic rings. The summed E-state index contributed by atoms with van der Waals surface area (Å²) in [4.78, 5) is 8.85. The predicted octanol–water partition coefficient (Wildman–Crippen LogP) is 3.99. The van der Waals surface area contributed by atoms with Gasteiger partial charge in [0.15, 0.2) is 5.76 Å². The maximum absolute atomic E-state index is 9.12. The van der Waals surface area contributed by atoms with E-state index in [9.17, 15) is 0 Å². The molecule has 0 bridgehead atoms. The van der Waals surface area contributed by atoms with E-state index in [1.165, 1.54) is 6.26 Å². The molecule has 0 spiro atoms. The third-order valence-corrected chi connectivity index (χ3v) is 4.47. The van der Waals surface area contributed by atoms with Crippen molar-refractivity contribution in [1.29, 1.82) is 5.26 Å². The Labute approximate surface area is 173 Å². The van der Waals surface area contributed by atoms with Crippen LogP contribution in [0.2, 0.25) is 0 Å². The number of hydrogen-bond acceptors (Lipinski definition) is 7. The van der Waals surface area contributed by atoms with Crippen LogP contribution in [0, 0.1) is 11.3 Å². The summed E-state index contributed by atoms with van der Waals surface area (Å²) in [6, 6.07) is 13.3. The lowest BCUT2D eigenvalue weighted by Crippen LogP contribution is -1.98. The quantitative estimate of drug-likeness (QED) is 0.501. The topological polar surface area (TPSA) is 101 Å². The molecule has 1 N–H and O–H groups in total. The molecule has 8 nitrogen and oxygen atoms in total. The highest BCUT2D eigenvalue weighted by molar-refractivity contribution is 5.77. The number of imidazole rings is 1. The molecule has 0 saturated carbocycles. The fourth-order valence-electron chi connectivity index (χ4n) is 3.03. The first-order chi connectivity index (χ1) is 14.7. The van der Waals surface area contributed by atoms with Crippen molar-refractivity contribution in [2.45, 2.75) is 20.0 Å². The average molecular weight is 403 g/mol. The highest BCUT2D eigenvalue weighted by atomic mass is 16.5. The van der Waals surface area contributed by atoms with Crippen molar-refractivity contribution < 1.29 is 13.6 Å². The minimum absolute atomic E-state index is 0.248. The minimum Gasteiger partial charge on any atom is -0.486 e. The molecular weight excluding hydrogens is 382 g/mol. The van der Waals surface area contributed by atoms with Gasteiger partial charge in [0.1, 0.15) is 35.8 Å². The normalized spacial score (nSPS) is 11.6. The average Bonchev–Trinajstić information content (AvgIpc) is 3.40. The Morgan fingerprint density at radius 1 is 1.27 bits per heavy atom. The standard InChI is InChI=1S/C22H21N5O3/c1-3-9-25-22-29-14-18(30-22)13-28-17-6-4-16(5-7-17)20-21(24-2)27-10-8-15(12-23)11-19(27)26-20/h4-8,10-11,14,24H,3,9,13H2,1-2H3. The van der Waals surface area contributed by atoms with Crippen LogP contribution in [0.5, 0.6) is 5.75 Å². The number of nitrogens with one attached hydrogen (secondary N) is 1. The summed E-state index contributed by atoms with van der Waals surface area (Å²) >= 11 is 0. The summed E-state index contributed by atoms with van der Waals surface area (Å²) in [5.74, 6) is 2.38. The highest BCUT2D eigenvalue weighted by Gasteiger charge is 2.13. The molecule has 0 radical (unpaired) electrons. The summed E-state index contributed by atoms with van der Waals surface area (Å²) in [5, 5.41) is 12.3. The third-order valence-electron chi connectivity index (χ3n) is 4.47. The van der Waals surface area contributed by atoms with Crippen molar-refractivity contribution in [2.75, 3.05) is 18.9 Å². The van der Waals surface area contributed by atoms with Gasteiger partial charge in [-0.15, -0.1) is 0 Å². The molecule has 0 aliphatic rings. The van der Waals surface area contributed by atoms with Crippen LogP contribution < -0.4 is 15.8 Å². The van der Waals surface area contributed by atoms with Crippen molar-refractivity contribution in [1.82, 2.24) is 9.38 Å². The fraction of sp³-hybridized carbons (Fsp3) is 0.227. The van der Waals surface area contributed by atoms with Crippen molar-refractivity contribution in [3.63, 3.8) is 0 Å². The monoisotopic (exact) mass is 403 g/mol. The number of aromatic nitrogens is 2. The molecule has 1 aromatic carbocycles. The Kier molecular flexibility index (Phi) is 5.52. The molecule has 0 aliphatic heterocycles. The molecule has 4 rings (SSSR count). The lowest BCUT2D eigenvalue weighted by atomic mass is 10.1. The first-order valence-electron chi connectivity index (χ1n) is 9.63. The number of fused-ring (bicyclic) bond motifs is 1. The number of rotatable bonds is 7. The van der Waals surface area contributed by atoms with E-state index in [1.807, 2.05) is 48.8 Å². The van der Waals surface area contributed by atoms with Crippen LogP contribution in [0.15, 0.2) is 62.7 Å². The van der Waals surface area contributed by atoms with Crippen LogP contribution in [0.4, 0.5) is 5.82 Å². The van der Waals surface area contributed by atoms with Gasteiger partial charge in [-0.25, -0.2) is 9.98 Å². The van der Waals surface area contributed by atoms with E-state index < -0.39 is 0 Å². The summed E-state index contributed by atoms with van der Waals surface area (Å²) in [6.45, 7) is 2.95. The molecule has 0 atom stereocenters. The largest absolute Gasteiger partial charge is 0.486 e. The van der Waals surface area contributed by atoms with E-state index >= 15 is 0 Å². The molecule has 152 valence electrons. The van der Waals surface area contributed by atoms with Gasteiger partial charge in [-0.05, 0) is 42.8 Å². The Balaban J connectivity index is 1.52. The fourth-order valence-corrected chi connectivity index (χ4v) is 3.03. The first kappa shape index (κ1) is 19.3. The Morgan fingerprint density at radius 2 is 2.10 bits per heavy atom. The second-order valence-electron chi connectivity index (χ2n) is 6.58. The van der Waals surface area contributed by atoms with Crippen LogP contribution in [0.25, 0.3) is 16.9 Å². The molecule has 30 heavy (non-hydrogen) atoms. The smallest absolute Gasteiger partial charge is 0.394 e. The SMILES string of the molecule is CCCN=c1occ(COc2ccc(-c3nc4cc(C#N)ccn4c3NC)cc2)o1. The molecule has 0 fully saturated rings. The van der Waals surface area contributed by atoms with E-state index in [0.29, 0.717) is 29.3 Å². The Hall–Kier alpha value is -3.99. The van der Waals surface area contributed by atoms with Crippen molar-refractivity contribution in [3.8, 4) is 23.1 Å². The van der Waals surface area contributed by atoms with Crippen LogP contribution in [0.1, 0.15) is 24.7 Å². The molecule has 3 aromatic heterocycles. The summed E-state index contributed by atoms with van der Waals surface area (Å²) in [5.41, 5.74) is 3.01. The van der Waals surface area contributed by atoms with Gasteiger partial charge in [-0.1, -0.05) is 6.92 Å². The lowest BCUT2D eigenvalue weighted by molar-refractivity contribution is 0.259. The van der Waals surface area contributed by atoms with Crippen LogP contribution >= 0.6 is 0 Å². The van der Waals surface area contributed by atoms with Gasteiger partial charge in [0.2, 0.25) is 0 Å². The summed E-state index contributed by atoms with van der Waals surface area (Å²) in [6.07, 6.45) is 4.27. The van der Waals surface area contributed by atoms with E-state index in [2.05, 4.69) is 21.4 Å². The van der Waals surface area contributed by atoms with Gasteiger partial charge in [0, 0.05) is 25.4 Å². The zero-order chi connectivity index (χ0) is 20.9. The number of anilines is 1. The molecule has 8 heteroatoms. The van der Waals surface area contributed by atoms with Crippen LogP contribution in [0.3, 0.4) is 0 Å². The number of ether oxygens (including phenoxy) is 1. The summed E-state index contributed by atoms with van der Waals surface area (Å²) in [7, 11) is 1.85. The van der Waals surface area contributed by atoms with Gasteiger partial charge in [-0.2, -0.15) is 5.26 Å². The zero-order valence-electron chi connectivity index (χ0n) is 16.8. The number of benzene rings is 1. The van der Waals surface area contributed by atoms with Crippen molar-refractivity contribution in [3.05, 3.63) is 65.9 Å². The van der Waals surface area contributed by atoms with Gasteiger partial charge in [0.05, 0.1) is 11.6 Å². The maximum Gasteiger partial charge on any atom is 0.394 e. The van der Waals surface area contributed by atoms with Crippen molar-refractivity contribution >= 4 is 11.5 Å². The van der Waals surface area contributed by atoms with E-state index in [-0.39, 0.29) is 12.4 Å². The van der Waals surface area contributed by atoms with Gasteiger partial charge >= 0.3 is 5.75 Å². The van der Waals surface area contributed by atoms with E-state index in [1.54, 1.807) is 12.1 Å². The zero-order valence-corrected chi connectivity index (χ0v) is 16.8. The molecule has 3 heterocycles. The molecule has 0 saturated heterocycles. The van der Waals surface area contributed by atoms with E-state index in [4.69, 9.17) is 18.8 Å². The minimum atomic E-state index is 0.248. The molecule has 0 unspecified atom stereocenters. The second-order valence-corrected chi connectivity index (χ2v) is 6.58. The third kappa shape index (κ3) is 3.91. The number of pyridine rings is 1. The van der Waals surface area contributed by atoms with E-state index in [0.717, 1.165) is 23.5 Å². The summed E-state index contributed by atoms with van der Waals surface area (Å²) < 4.78 is 18.4. The Bertz CT molecular complexity index is 1260. The van der Waals surface area contributed by atoms with Crippen LogP contribution in [-0.2, 0) is 6.61 Å². The van der Waals surface area contributed by atoms with Gasteiger partial charge in [-0.3, -0.25) is 4.40 Å². The highest BCUT2D eigenvalue weighted by Crippen LogP contribution is 2.30. The maximum atomic E-state index is 9.12. The first-order valence-corrected chi connectivity index (χ1v) is 9.63. The second kappa shape index (κ2) is 8.57. The molecule has 0 aliphatic carbocycles. The van der Waals surface area contributed by atoms with Crippen LogP contribution in [-0.4, -0.2) is 23.0 Å². The molecule has 0 amide bonds. The number of nitrogens with zero attached hydrogens (tertiary/aromatic N) is 4. The number of nitriles is 1. The van der Waals surface area contributed by atoms with Crippen molar-refractivity contribution in [2.24, 2.45) is 4.99 Å². The predicted molar refractivity (Wildman–Crippen MR) is 111 cm³/mol. The molecular formula is C22H21N5O3. The van der Waals surface area contributed by atoms with Gasteiger partial charge in [0.25, 0.3) is 0 Å². The lowest BCUT2D eigenvalue weighted by Gasteiger charge is -2.06. The number of hydrogen-bond donors (Lipinski definition) is 1. The van der Waals surface area contributed by atoms with Gasteiger partial charge < -0.3 is 18.9 Å². The Morgan fingerprint density at radius 3 is 2.83 bits per heavy atom.